The molecule has 9 heteroatoms. The Morgan fingerprint density at radius 2 is 1.74 bits per heavy atom. The predicted molar refractivity (Wildman–Crippen MR) is 137 cm³/mol. The maximum Gasteiger partial charge on any atom is 0.407 e. The van der Waals surface area contributed by atoms with E-state index in [0.29, 0.717) is 18.5 Å². The van der Waals surface area contributed by atoms with E-state index in [-0.39, 0.29) is 38.0 Å². The van der Waals surface area contributed by atoms with Gasteiger partial charge in [-0.1, -0.05) is 54.6 Å². The molecule has 0 bridgehead atoms. The molecule has 38 heavy (non-hydrogen) atoms. The number of benzene rings is 3. The van der Waals surface area contributed by atoms with Gasteiger partial charge in [0.25, 0.3) is 0 Å². The standard InChI is InChI=1S/C29H29FN2O6/c1-2-36-27(34)19-37-25-13-12-22(30)16-24(25)28-23-11-7-6-10-21(23)14-15-32(28)26(33)17-31-29(35)38-18-20-8-4-3-5-9-20/h3-13,16,28H,2,14-15,17-19H2,1H3,(H,31,35). The van der Waals surface area contributed by atoms with Crippen LogP contribution in [-0.2, 0) is 32.1 Å². The number of rotatable bonds is 9. The Kier molecular flexibility index (Phi) is 8.92. The Hall–Kier alpha value is -4.40. The fraction of sp³-hybridized carbons (Fsp3) is 0.276. The molecule has 2 amide bonds. The van der Waals surface area contributed by atoms with Crippen LogP contribution in [0.1, 0.15) is 35.2 Å². The zero-order valence-corrected chi connectivity index (χ0v) is 21.0. The van der Waals surface area contributed by atoms with Crippen molar-refractivity contribution < 1.29 is 33.0 Å². The minimum Gasteiger partial charge on any atom is -0.482 e. The third kappa shape index (κ3) is 6.67. The summed E-state index contributed by atoms with van der Waals surface area (Å²) < 4.78 is 30.3. The molecular weight excluding hydrogens is 491 g/mol. The van der Waals surface area contributed by atoms with E-state index in [9.17, 15) is 18.8 Å². The van der Waals surface area contributed by atoms with Crippen molar-refractivity contribution in [3.05, 3.63) is 101 Å². The van der Waals surface area contributed by atoms with E-state index in [1.165, 1.54) is 18.2 Å². The van der Waals surface area contributed by atoms with E-state index >= 15 is 0 Å². The number of esters is 1. The number of halogens is 1. The van der Waals surface area contributed by atoms with Crippen molar-refractivity contribution >= 4 is 18.0 Å². The van der Waals surface area contributed by atoms with Crippen LogP contribution < -0.4 is 10.1 Å². The van der Waals surface area contributed by atoms with Gasteiger partial charge in [0.05, 0.1) is 12.6 Å². The molecule has 0 saturated carbocycles. The average Bonchev–Trinajstić information content (AvgIpc) is 2.94. The molecule has 0 aliphatic carbocycles. The quantitative estimate of drug-likeness (QED) is 0.426. The van der Waals surface area contributed by atoms with Crippen molar-refractivity contribution in [1.82, 2.24) is 10.2 Å². The second-order valence-electron chi connectivity index (χ2n) is 8.63. The van der Waals surface area contributed by atoms with Gasteiger partial charge in [0.2, 0.25) is 5.91 Å². The summed E-state index contributed by atoms with van der Waals surface area (Å²) in [5, 5.41) is 2.51. The second kappa shape index (κ2) is 12.7. The number of amides is 2. The Balaban J connectivity index is 1.53. The summed E-state index contributed by atoms with van der Waals surface area (Å²) in [6.45, 7) is 1.65. The van der Waals surface area contributed by atoms with Gasteiger partial charge < -0.3 is 24.4 Å². The van der Waals surface area contributed by atoms with Crippen molar-refractivity contribution in [2.75, 3.05) is 26.3 Å². The topological polar surface area (TPSA) is 94.2 Å². The van der Waals surface area contributed by atoms with Crippen LogP contribution >= 0.6 is 0 Å². The van der Waals surface area contributed by atoms with E-state index < -0.39 is 23.9 Å². The van der Waals surface area contributed by atoms with Crippen LogP contribution in [0.5, 0.6) is 5.75 Å². The fourth-order valence-corrected chi connectivity index (χ4v) is 4.40. The molecule has 0 spiro atoms. The first kappa shape index (κ1) is 26.7. The van der Waals surface area contributed by atoms with Gasteiger partial charge in [-0.2, -0.15) is 0 Å². The Morgan fingerprint density at radius 3 is 2.53 bits per heavy atom. The lowest BCUT2D eigenvalue weighted by molar-refractivity contribution is -0.145. The lowest BCUT2D eigenvalue weighted by Crippen LogP contribution is -2.45. The summed E-state index contributed by atoms with van der Waals surface area (Å²) in [7, 11) is 0. The highest BCUT2D eigenvalue weighted by Crippen LogP contribution is 2.39. The van der Waals surface area contributed by atoms with E-state index in [1.807, 2.05) is 54.6 Å². The summed E-state index contributed by atoms with van der Waals surface area (Å²) in [4.78, 5) is 39.1. The van der Waals surface area contributed by atoms with Crippen molar-refractivity contribution in [3.63, 3.8) is 0 Å². The van der Waals surface area contributed by atoms with Crippen LogP contribution in [0.4, 0.5) is 9.18 Å². The first-order chi connectivity index (χ1) is 18.5. The second-order valence-corrected chi connectivity index (χ2v) is 8.63. The molecule has 3 aromatic rings. The summed E-state index contributed by atoms with van der Waals surface area (Å²) in [6, 6.07) is 20.1. The van der Waals surface area contributed by atoms with Gasteiger partial charge >= 0.3 is 12.1 Å². The molecule has 0 radical (unpaired) electrons. The Labute approximate surface area is 220 Å². The van der Waals surface area contributed by atoms with Gasteiger partial charge in [0.1, 0.15) is 24.7 Å². The van der Waals surface area contributed by atoms with Gasteiger partial charge in [-0.05, 0) is 48.2 Å². The van der Waals surface area contributed by atoms with Crippen LogP contribution in [0.2, 0.25) is 0 Å². The minimum absolute atomic E-state index is 0.0744. The highest BCUT2D eigenvalue weighted by Gasteiger charge is 2.34. The van der Waals surface area contributed by atoms with Gasteiger partial charge in [-0.3, -0.25) is 4.79 Å². The molecule has 0 aromatic heterocycles. The molecule has 8 nitrogen and oxygen atoms in total. The van der Waals surface area contributed by atoms with E-state index in [1.54, 1.807) is 11.8 Å². The van der Waals surface area contributed by atoms with E-state index in [0.717, 1.165) is 16.7 Å². The lowest BCUT2D eigenvalue weighted by Gasteiger charge is -2.38. The molecule has 1 N–H and O–H groups in total. The number of nitrogens with zero attached hydrogens (tertiary/aromatic N) is 1. The van der Waals surface area contributed by atoms with Crippen LogP contribution in [-0.4, -0.2) is 49.2 Å². The van der Waals surface area contributed by atoms with E-state index in [2.05, 4.69) is 5.32 Å². The third-order valence-corrected chi connectivity index (χ3v) is 6.12. The first-order valence-corrected chi connectivity index (χ1v) is 12.4. The maximum absolute atomic E-state index is 14.5. The van der Waals surface area contributed by atoms with Crippen molar-refractivity contribution in [3.8, 4) is 5.75 Å². The maximum atomic E-state index is 14.5. The molecule has 1 aliphatic heterocycles. The zero-order valence-electron chi connectivity index (χ0n) is 21.0. The average molecular weight is 521 g/mol. The van der Waals surface area contributed by atoms with Crippen LogP contribution in [0.25, 0.3) is 0 Å². The van der Waals surface area contributed by atoms with Gasteiger partial charge in [0, 0.05) is 12.1 Å². The summed E-state index contributed by atoms with van der Waals surface area (Å²) >= 11 is 0. The molecule has 1 atom stereocenters. The van der Waals surface area contributed by atoms with Gasteiger partial charge in [-0.25, -0.2) is 14.0 Å². The monoisotopic (exact) mass is 520 g/mol. The molecule has 1 heterocycles. The van der Waals surface area contributed by atoms with E-state index in [4.69, 9.17) is 14.2 Å². The Morgan fingerprint density at radius 1 is 0.974 bits per heavy atom. The number of alkyl carbamates (subject to hydrolysis) is 1. The lowest BCUT2D eigenvalue weighted by atomic mass is 9.87. The van der Waals surface area contributed by atoms with Crippen LogP contribution in [0, 0.1) is 5.82 Å². The van der Waals surface area contributed by atoms with Gasteiger partial charge in [0.15, 0.2) is 6.61 Å². The SMILES string of the molecule is CCOC(=O)COc1ccc(F)cc1C1c2ccccc2CCN1C(=O)CNC(=O)OCc1ccccc1. The molecule has 0 saturated heterocycles. The molecule has 0 fully saturated rings. The number of carbonyl (C=O) groups excluding carboxylic acids is 3. The van der Waals surface area contributed by atoms with Crippen molar-refractivity contribution in [1.29, 1.82) is 0 Å². The number of fused-ring (bicyclic) bond motifs is 1. The highest BCUT2D eigenvalue weighted by atomic mass is 19.1. The number of hydrogen-bond donors (Lipinski definition) is 1. The molecule has 4 rings (SSSR count). The largest absolute Gasteiger partial charge is 0.482 e. The van der Waals surface area contributed by atoms with Crippen molar-refractivity contribution in [2.45, 2.75) is 26.0 Å². The number of hydrogen-bond acceptors (Lipinski definition) is 6. The number of carbonyl (C=O) groups is 3. The Bertz CT molecular complexity index is 1280. The third-order valence-electron chi connectivity index (χ3n) is 6.12. The molecule has 3 aromatic carbocycles. The fourth-order valence-electron chi connectivity index (χ4n) is 4.40. The van der Waals surface area contributed by atoms with Crippen LogP contribution in [0.3, 0.4) is 0 Å². The van der Waals surface area contributed by atoms with Gasteiger partial charge in [-0.15, -0.1) is 0 Å². The highest BCUT2D eigenvalue weighted by molar-refractivity contribution is 5.83. The normalized spacial score (nSPS) is 14.3. The molecular formula is C29H29FN2O6. The van der Waals surface area contributed by atoms with Crippen molar-refractivity contribution in [2.24, 2.45) is 0 Å². The number of ether oxygens (including phenoxy) is 3. The minimum atomic E-state index is -0.722. The smallest absolute Gasteiger partial charge is 0.407 e. The number of nitrogens with one attached hydrogen (secondary N) is 1. The molecule has 1 aliphatic rings. The zero-order chi connectivity index (χ0) is 26.9. The molecule has 1 unspecified atom stereocenters. The first-order valence-electron chi connectivity index (χ1n) is 12.4. The summed E-state index contributed by atoms with van der Waals surface area (Å²) in [6.07, 6.45) is -0.133. The summed E-state index contributed by atoms with van der Waals surface area (Å²) in [5.41, 5.74) is 3.03. The molecule has 198 valence electrons. The summed E-state index contributed by atoms with van der Waals surface area (Å²) in [5.74, 6) is -1.18. The van der Waals surface area contributed by atoms with Crippen LogP contribution in [0.15, 0.2) is 72.8 Å². The predicted octanol–water partition coefficient (Wildman–Crippen LogP) is 4.17.